The third-order valence-electron chi connectivity index (χ3n) is 5.71. The van der Waals surface area contributed by atoms with Gasteiger partial charge >= 0.3 is 12.0 Å². The molecule has 2 aliphatic heterocycles. The van der Waals surface area contributed by atoms with Gasteiger partial charge in [-0.1, -0.05) is 42.5 Å². The number of thiophene rings is 1. The molecule has 1 aromatic heterocycles. The number of hydrogen-bond donors (Lipinski definition) is 0. The van der Waals surface area contributed by atoms with E-state index in [9.17, 15) is 14.0 Å². The van der Waals surface area contributed by atoms with Gasteiger partial charge in [-0.05, 0) is 41.1 Å². The standard InChI is InChI=1S/C24H21FN2O4S/c1-2-30-23(28)21-20-18(16-8-10-17(25)11-9-16)14-32-22(20)19-12-26(21)24(29)27(19)31-13-15-6-4-3-5-7-15/h3-11,14,19,21H,2,12-13H2,1H3/t19-,21+/m1/s1. The summed E-state index contributed by atoms with van der Waals surface area (Å²) in [5, 5.41) is 3.32. The molecule has 0 N–H and O–H groups in total. The topological polar surface area (TPSA) is 59.1 Å². The largest absolute Gasteiger partial charge is 0.464 e. The van der Waals surface area contributed by atoms with E-state index in [0.29, 0.717) is 6.54 Å². The molecule has 8 heteroatoms. The predicted molar refractivity (Wildman–Crippen MR) is 117 cm³/mol. The lowest BCUT2D eigenvalue weighted by Gasteiger charge is -2.30. The molecule has 1 saturated heterocycles. The zero-order chi connectivity index (χ0) is 22.2. The van der Waals surface area contributed by atoms with Gasteiger partial charge in [0.2, 0.25) is 0 Å². The lowest BCUT2D eigenvalue weighted by atomic mass is 9.92. The fraction of sp³-hybridized carbons (Fsp3) is 0.250. The number of hydrogen-bond acceptors (Lipinski definition) is 5. The Morgan fingerprint density at radius 3 is 2.62 bits per heavy atom. The van der Waals surface area contributed by atoms with E-state index in [4.69, 9.17) is 9.57 Å². The Morgan fingerprint density at radius 1 is 1.16 bits per heavy atom. The van der Waals surface area contributed by atoms with E-state index in [1.165, 1.54) is 33.4 Å². The molecular formula is C24H21FN2O4S. The van der Waals surface area contributed by atoms with Crippen LogP contribution in [0.3, 0.4) is 0 Å². The van der Waals surface area contributed by atoms with Crippen molar-refractivity contribution in [3.8, 4) is 11.1 Å². The third kappa shape index (κ3) is 3.45. The summed E-state index contributed by atoms with van der Waals surface area (Å²) in [6.07, 6.45) is 0. The lowest BCUT2D eigenvalue weighted by molar-refractivity contribution is -0.148. The van der Waals surface area contributed by atoms with Crippen molar-refractivity contribution < 1.29 is 23.6 Å². The molecular weight excluding hydrogens is 431 g/mol. The van der Waals surface area contributed by atoms with Crippen LogP contribution in [0.5, 0.6) is 0 Å². The maximum Gasteiger partial charge on any atom is 0.345 e. The van der Waals surface area contributed by atoms with Crippen molar-refractivity contribution in [2.45, 2.75) is 25.6 Å². The van der Waals surface area contributed by atoms with E-state index >= 15 is 0 Å². The summed E-state index contributed by atoms with van der Waals surface area (Å²) >= 11 is 1.47. The first-order valence-electron chi connectivity index (χ1n) is 10.4. The molecule has 2 aromatic carbocycles. The van der Waals surface area contributed by atoms with Crippen molar-refractivity contribution in [1.29, 1.82) is 0 Å². The van der Waals surface area contributed by atoms with E-state index in [1.807, 2.05) is 35.7 Å². The van der Waals surface area contributed by atoms with Gasteiger partial charge in [0.05, 0.1) is 13.2 Å². The Bertz CT molecular complexity index is 1150. The number of urea groups is 1. The maximum absolute atomic E-state index is 13.5. The van der Waals surface area contributed by atoms with Crippen molar-refractivity contribution in [2.75, 3.05) is 13.2 Å². The summed E-state index contributed by atoms with van der Waals surface area (Å²) in [5.74, 6) is -0.813. The average Bonchev–Trinajstić information content (AvgIpc) is 3.35. The second kappa shape index (κ2) is 8.37. The van der Waals surface area contributed by atoms with E-state index in [0.717, 1.165) is 27.1 Å². The minimum Gasteiger partial charge on any atom is -0.464 e. The van der Waals surface area contributed by atoms with E-state index in [-0.39, 0.29) is 31.1 Å². The lowest BCUT2D eigenvalue weighted by Crippen LogP contribution is -2.39. The highest BCUT2D eigenvalue weighted by molar-refractivity contribution is 7.10. The van der Waals surface area contributed by atoms with Crippen LogP contribution in [-0.2, 0) is 21.0 Å². The van der Waals surface area contributed by atoms with Crippen LogP contribution in [0.15, 0.2) is 60.0 Å². The highest BCUT2D eigenvalue weighted by Gasteiger charge is 2.53. The van der Waals surface area contributed by atoms with Crippen LogP contribution in [0.4, 0.5) is 9.18 Å². The number of carbonyl (C=O) groups excluding carboxylic acids is 2. The van der Waals surface area contributed by atoms with Crippen LogP contribution in [0, 0.1) is 5.82 Å². The van der Waals surface area contributed by atoms with Crippen molar-refractivity contribution in [3.63, 3.8) is 0 Å². The number of benzene rings is 2. The second-order valence-corrected chi connectivity index (χ2v) is 8.54. The zero-order valence-corrected chi connectivity index (χ0v) is 18.2. The van der Waals surface area contributed by atoms with Gasteiger partial charge in [-0.25, -0.2) is 14.0 Å². The number of esters is 1. The molecule has 2 amide bonds. The first-order valence-corrected chi connectivity index (χ1v) is 11.3. The fourth-order valence-electron chi connectivity index (χ4n) is 4.26. The Kier molecular flexibility index (Phi) is 5.40. The van der Waals surface area contributed by atoms with Gasteiger partial charge in [-0.15, -0.1) is 11.3 Å². The first kappa shape index (κ1) is 20.7. The summed E-state index contributed by atoms with van der Waals surface area (Å²) < 4.78 is 18.8. The Labute approximate surface area is 188 Å². The summed E-state index contributed by atoms with van der Waals surface area (Å²) in [5.41, 5.74) is 3.26. The summed E-state index contributed by atoms with van der Waals surface area (Å²) in [7, 11) is 0. The van der Waals surface area contributed by atoms with Crippen LogP contribution in [0.1, 0.15) is 35.0 Å². The Balaban J connectivity index is 1.54. The molecule has 2 atom stereocenters. The highest BCUT2D eigenvalue weighted by atomic mass is 32.1. The predicted octanol–water partition coefficient (Wildman–Crippen LogP) is 5.08. The number of amides is 2. The van der Waals surface area contributed by atoms with Crippen LogP contribution in [-0.4, -0.2) is 35.1 Å². The molecule has 0 spiro atoms. The van der Waals surface area contributed by atoms with Crippen molar-refractivity contribution >= 4 is 23.3 Å². The number of fused-ring (bicyclic) bond motifs is 4. The molecule has 164 valence electrons. The molecule has 0 unspecified atom stereocenters. The third-order valence-corrected chi connectivity index (χ3v) is 6.81. The number of hydroxylamine groups is 2. The molecule has 5 rings (SSSR count). The molecule has 2 aliphatic rings. The molecule has 3 heterocycles. The van der Waals surface area contributed by atoms with Gasteiger partial charge in [0.25, 0.3) is 0 Å². The maximum atomic E-state index is 13.5. The van der Waals surface area contributed by atoms with Gasteiger partial charge in [-0.3, -0.25) is 4.84 Å². The molecule has 2 bridgehead atoms. The highest BCUT2D eigenvalue weighted by Crippen LogP contribution is 2.51. The van der Waals surface area contributed by atoms with E-state index < -0.39 is 12.0 Å². The van der Waals surface area contributed by atoms with E-state index in [1.54, 1.807) is 19.1 Å². The molecule has 0 radical (unpaired) electrons. The molecule has 6 nitrogen and oxygen atoms in total. The monoisotopic (exact) mass is 452 g/mol. The first-order chi connectivity index (χ1) is 15.6. The average molecular weight is 453 g/mol. The van der Waals surface area contributed by atoms with Gasteiger partial charge < -0.3 is 9.64 Å². The SMILES string of the molecule is CCOC(=O)[C@@H]1c2c(-c3ccc(F)cc3)csc2[C@H]2CN1C(=O)N2OCc1ccccc1. The van der Waals surface area contributed by atoms with Gasteiger partial charge in [-0.2, -0.15) is 5.06 Å². The minimum absolute atomic E-state index is 0.209. The summed E-state index contributed by atoms with van der Waals surface area (Å²) in [6, 6.07) is 14.2. The molecule has 3 aromatic rings. The van der Waals surface area contributed by atoms with Crippen molar-refractivity contribution in [2.24, 2.45) is 0 Å². The van der Waals surface area contributed by atoms with Crippen LogP contribution in [0.2, 0.25) is 0 Å². The number of ether oxygens (including phenoxy) is 1. The zero-order valence-electron chi connectivity index (χ0n) is 17.4. The molecule has 0 saturated carbocycles. The fourth-order valence-corrected chi connectivity index (χ4v) is 5.45. The smallest absolute Gasteiger partial charge is 0.345 e. The van der Waals surface area contributed by atoms with Crippen LogP contribution < -0.4 is 0 Å². The Morgan fingerprint density at radius 2 is 1.91 bits per heavy atom. The molecule has 1 fully saturated rings. The summed E-state index contributed by atoms with van der Waals surface area (Å²) in [6.45, 7) is 2.53. The molecule has 0 aliphatic carbocycles. The quantitative estimate of drug-likeness (QED) is 0.489. The number of halogens is 1. The Hall–Kier alpha value is -3.23. The normalized spacial score (nSPS) is 19.2. The van der Waals surface area contributed by atoms with Crippen molar-refractivity contribution in [3.05, 3.63) is 81.8 Å². The second-order valence-electron chi connectivity index (χ2n) is 7.62. The minimum atomic E-state index is -0.870. The number of carbonyl (C=O) groups is 2. The van der Waals surface area contributed by atoms with Gasteiger partial charge in [0.1, 0.15) is 18.5 Å². The van der Waals surface area contributed by atoms with Gasteiger partial charge in [0, 0.05) is 10.4 Å². The van der Waals surface area contributed by atoms with E-state index in [2.05, 4.69) is 0 Å². The number of rotatable bonds is 6. The summed E-state index contributed by atoms with van der Waals surface area (Å²) in [4.78, 5) is 34.6. The number of nitrogens with zero attached hydrogens (tertiary/aromatic N) is 2. The van der Waals surface area contributed by atoms with Gasteiger partial charge in [0.15, 0.2) is 6.04 Å². The van der Waals surface area contributed by atoms with Crippen molar-refractivity contribution in [1.82, 2.24) is 9.96 Å². The molecule has 32 heavy (non-hydrogen) atoms. The van der Waals surface area contributed by atoms with Crippen LogP contribution in [0.25, 0.3) is 11.1 Å². The van der Waals surface area contributed by atoms with Crippen LogP contribution >= 0.6 is 11.3 Å².